The number of carbonyl (C=O) groups excluding carboxylic acids is 5. The molecule has 6 amide bonds. The first-order chi connectivity index (χ1) is 24.1. The number of urea groups is 1. The van der Waals surface area contributed by atoms with E-state index in [0.29, 0.717) is 32.4 Å². The molecule has 0 saturated carbocycles. The standard InChI is InChI=1S/C38H47N7O5/c1-25(39-3)35(47)42-32-24-44(38(50)41-23-28-12-10-11-27(21-28)22-40-26(2)46)20-19-31-17-18-33(45(31)37(32)49)36(48)43-34(29-13-6-4-7-14-29)30-15-8-5-9-16-30/h4-16,21,25,31-34,39H,17-20,22-24H2,1-3H3,(H,40,46)(H,41,50)(H,42,47)(H,43,48)/t25-,31+,32-,33-/m0/s1. The van der Waals surface area contributed by atoms with E-state index >= 15 is 0 Å². The number of carbonyl (C=O) groups is 5. The lowest BCUT2D eigenvalue weighted by molar-refractivity contribution is -0.145. The highest BCUT2D eigenvalue weighted by atomic mass is 16.2. The first kappa shape index (κ1) is 36.1. The highest BCUT2D eigenvalue weighted by Gasteiger charge is 2.46. The number of hydrogen-bond acceptors (Lipinski definition) is 6. The molecular weight excluding hydrogens is 634 g/mol. The summed E-state index contributed by atoms with van der Waals surface area (Å²) in [5.74, 6) is -1.16. The summed E-state index contributed by atoms with van der Waals surface area (Å²) in [5.41, 5.74) is 3.61. The van der Waals surface area contributed by atoms with Crippen molar-refractivity contribution in [3.63, 3.8) is 0 Å². The fraction of sp³-hybridized carbons (Fsp3) is 0.395. The number of benzene rings is 3. The van der Waals surface area contributed by atoms with E-state index in [9.17, 15) is 24.0 Å². The van der Waals surface area contributed by atoms with E-state index < -0.39 is 24.2 Å². The van der Waals surface area contributed by atoms with Crippen LogP contribution in [0.4, 0.5) is 4.79 Å². The van der Waals surface area contributed by atoms with E-state index in [1.807, 2.05) is 84.9 Å². The Morgan fingerprint density at radius 2 is 1.44 bits per heavy atom. The maximum atomic E-state index is 14.4. The molecule has 0 aromatic heterocycles. The van der Waals surface area contributed by atoms with Crippen LogP contribution >= 0.6 is 0 Å². The van der Waals surface area contributed by atoms with Gasteiger partial charge >= 0.3 is 6.03 Å². The van der Waals surface area contributed by atoms with Crippen LogP contribution in [-0.2, 0) is 32.3 Å². The minimum Gasteiger partial charge on any atom is -0.352 e. The predicted octanol–water partition coefficient (Wildman–Crippen LogP) is 2.60. The number of rotatable bonds is 11. The van der Waals surface area contributed by atoms with Crippen molar-refractivity contribution in [3.8, 4) is 0 Å². The number of nitrogens with zero attached hydrogens (tertiary/aromatic N) is 2. The molecule has 2 aliphatic heterocycles. The summed E-state index contributed by atoms with van der Waals surface area (Å²) in [4.78, 5) is 69.7. The molecular formula is C38H47N7O5. The van der Waals surface area contributed by atoms with E-state index in [4.69, 9.17) is 0 Å². The molecule has 3 aromatic rings. The maximum Gasteiger partial charge on any atom is 0.317 e. The van der Waals surface area contributed by atoms with E-state index in [2.05, 4.69) is 26.6 Å². The van der Waals surface area contributed by atoms with E-state index in [-0.39, 0.29) is 48.8 Å². The van der Waals surface area contributed by atoms with Crippen molar-refractivity contribution in [2.24, 2.45) is 0 Å². The van der Waals surface area contributed by atoms with Crippen molar-refractivity contribution < 1.29 is 24.0 Å². The molecule has 4 atom stereocenters. The van der Waals surface area contributed by atoms with Crippen LogP contribution in [0.2, 0.25) is 0 Å². The average Bonchev–Trinajstić information content (AvgIpc) is 3.56. The van der Waals surface area contributed by atoms with Crippen LogP contribution in [0.15, 0.2) is 84.9 Å². The summed E-state index contributed by atoms with van der Waals surface area (Å²) in [6.07, 6.45) is 1.55. The lowest BCUT2D eigenvalue weighted by atomic mass is 9.98. The fourth-order valence-corrected chi connectivity index (χ4v) is 6.61. The van der Waals surface area contributed by atoms with Gasteiger partial charge in [0.25, 0.3) is 0 Å². The van der Waals surface area contributed by atoms with Crippen molar-refractivity contribution in [2.75, 3.05) is 20.1 Å². The average molecular weight is 682 g/mol. The Bertz CT molecular complexity index is 1610. The molecule has 5 N–H and O–H groups in total. The third kappa shape index (κ3) is 9.06. The molecule has 12 nitrogen and oxygen atoms in total. The number of hydrogen-bond donors (Lipinski definition) is 5. The highest BCUT2D eigenvalue weighted by molar-refractivity contribution is 5.94. The fourth-order valence-electron chi connectivity index (χ4n) is 6.61. The smallest absolute Gasteiger partial charge is 0.317 e. The highest BCUT2D eigenvalue weighted by Crippen LogP contribution is 2.31. The summed E-state index contributed by atoms with van der Waals surface area (Å²) in [7, 11) is 1.65. The molecule has 0 bridgehead atoms. The number of amides is 6. The molecule has 0 spiro atoms. The molecule has 2 fully saturated rings. The van der Waals surface area contributed by atoms with Gasteiger partial charge in [0, 0.05) is 32.6 Å². The lowest BCUT2D eigenvalue weighted by Gasteiger charge is -2.39. The van der Waals surface area contributed by atoms with Crippen molar-refractivity contribution in [1.82, 2.24) is 36.4 Å². The van der Waals surface area contributed by atoms with Gasteiger partial charge in [-0.3, -0.25) is 19.2 Å². The van der Waals surface area contributed by atoms with Crippen LogP contribution in [0.3, 0.4) is 0 Å². The second-order valence-corrected chi connectivity index (χ2v) is 13.0. The first-order valence-corrected chi connectivity index (χ1v) is 17.2. The second kappa shape index (κ2) is 16.9. The molecule has 50 heavy (non-hydrogen) atoms. The van der Waals surface area contributed by atoms with E-state index in [1.165, 1.54) is 6.92 Å². The van der Waals surface area contributed by atoms with Gasteiger partial charge in [-0.25, -0.2) is 4.79 Å². The molecule has 0 radical (unpaired) electrons. The third-order valence-corrected chi connectivity index (χ3v) is 9.45. The summed E-state index contributed by atoms with van der Waals surface area (Å²) < 4.78 is 0. The van der Waals surface area contributed by atoms with Gasteiger partial charge in [0.05, 0.1) is 18.6 Å². The van der Waals surface area contributed by atoms with Gasteiger partial charge < -0.3 is 36.4 Å². The molecule has 2 saturated heterocycles. The SMILES string of the molecule is CN[C@@H](C)C(=O)N[C@H]1CN(C(=O)NCc2cccc(CNC(C)=O)c2)CC[C@H]2CC[C@@H](C(=O)NC(c3ccccc3)c3ccccc3)N2C1=O. The Labute approximate surface area is 293 Å². The molecule has 0 aliphatic carbocycles. The second-order valence-electron chi connectivity index (χ2n) is 13.0. The van der Waals surface area contributed by atoms with Gasteiger partial charge in [0.15, 0.2) is 0 Å². The van der Waals surface area contributed by atoms with Gasteiger partial charge in [-0.1, -0.05) is 84.9 Å². The molecule has 0 unspecified atom stereocenters. The molecule has 3 aromatic carbocycles. The molecule has 2 aliphatic rings. The van der Waals surface area contributed by atoms with Gasteiger partial charge in [-0.05, 0) is 55.5 Å². The van der Waals surface area contributed by atoms with Crippen LogP contribution in [0.1, 0.15) is 61.4 Å². The largest absolute Gasteiger partial charge is 0.352 e. The zero-order valence-corrected chi connectivity index (χ0v) is 28.9. The number of fused-ring (bicyclic) bond motifs is 1. The number of likely N-dealkylation sites (N-methyl/N-ethyl adjacent to an activating group) is 1. The summed E-state index contributed by atoms with van der Waals surface area (Å²) in [5, 5.41) is 14.7. The zero-order chi connectivity index (χ0) is 35.6. The minimum atomic E-state index is -1.06. The Morgan fingerprint density at radius 1 is 0.820 bits per heavy atom. The van der Waals surface area contributed by atoms with E-state index in [1.54, 1.807) is 23.8 Å². The van der Waals surface area contributed by atoms with Crippen LogP contribution < -0.4 is 26.6 Å². The van der Waals surface area contributed by atoms with Gasteiger partial charge in [0.2, 0.25) is 23.6 Å². The maximum absolute atomic E-state index is 14.4. The Balaban J connectivity index is 1.33. The molecule has 264 valence electrons. The van der Waals surface area contributed by atoms with Gasteiger partial charge in [-0.15, -0.1) is 0 Å². The minimum absolute atomic E-state index is 0.0520. The van der Waals surface area contributed by atoms with Crippen molar-refractivity contribution in [1.29, 1.82) is 0 Å². The topological polar surface area (TPSA) is 152 Å². The monoisotopic (exact) mass is 681 g/mol. The summed E-state index contributed by atoms with van der Waals surface area (Å²) in [6.45, 7) is 4.06. The lowest BCUT2D eigenvalue weighted by Crippen LogP contribution is -2.63. The summed E-state index contributed by atoms with van der Waals surface area (Å²) >= 11 is 0. The van der Waals surface area contributed by atoms with Crippen molar-refractivity contribution in [2.45, 2.75) is 76.4 Å². The summed E-state index contributed by atoms with van der Waals surface area (Å²) in [6, 6.07) is 23.6. The van der Waals surface area contributed by atoms with Gasteiger partial charge in [-0.2, -0.15) is 0 Å². The van der Waals surface area contributed by atoms with Crippen molar-refractivity contribution >= 4 is 29.7 Å². The van der Waals surface area contributed by atoms with Crippen LogP contribution in [0.5, 0.6) is 0 Å². The Hall–Kier alpha value is -5.23. The predicted molar refractivity (Wildman–Crippen MR) is 189 cm³/mol. The van der Waals surface area contributed by atoms with Crippen LogP contribution in [0.25, 0.3) is 0 Å². The Kier molecular flexibility index (Phi) is 12.2. The van der Waals surface area contributed by atoms with Crippen LogP contribution in [-0.4, -0.2) is 83.8 Å². The normalized spacial score (nSPS) is 19.5. The first-order valence-electron chi connectivity index (χ1n) is 17.2. The van der Waals surface area contributed by atoms with Gasteiger partial charge in [0.1, 0.15) is 12.1 Å². The third-order valence-electron chi connectivity index (χ3n) is 9.45. The van der Waals surface area contributed by atoms with E-state index in [0.717, 1.165) is 22.3 Å². The molecule has 2 heterocycles. The quantitative estimate of drug-likeness (QED) is 0.210. The molecule has 12 heteroatoms. The van der Waals surface area contributed by atoms with Crippen LogP contribution in [0, 0.1) is 0 Å². The van der Waals surface area contributed by atoms with Crippen molar-refractivity contribution in [3.05, 3.63) is 107 Å². The number of nitrogens with one attached hydrogen (secondary N) is 5. The molecule has 5 rings (SSSR count). The Morgan fingerprint density at radius 3 is 2.04 bits per heavy atom. The zero-order valence-electron chi connectivity index (χ0n) is 28.9.